The average molecular weight is 329 g/mol. The molecule has 0 bridgehead atoms. The predicted octanol–water partition coefficient (Wildman–Crippen LogP) is 1.32. The van der Waals surface area contributed by atoms with Crippen LogP contribution in [-0.2, 0) is 9.47 Å². The van der Waals surface area contributed by atoms with Crippen molar-refractivity contribution in [3.05, 3.63) is 0 Å². The number of ether oxygens (including phenoxy) is 2. The lowest BCUT2D eigenvalue weighted by Gasteiger charge is -2.34. The third kappa shape index (κ3) is 9.13. The van der Waals surface area contributed by atoms with E-state index in [0.717, 1.165) is 58.5 Å². The number of aliphatic imine (C=N–C) groups is 1. The fraction of sp³-hybridized carbons (Fsp3) is 0.941. The fourth-order valence-corrected chi connectivity index (χ4v) is 2.75. The first kappa shape index (κ1) is 20.2. The van der Waals surface area contributed by atoms with E-state index in [9.17, 15) is 0 Å². The SMILES string of the molecule is CCNC(=NCC(CC(C)C)N1CCOCC1)NCCOCC. The molecule has 1 fully saturated rings. The molecule has 1 atom stereocenters. The van der Waals surface area contributed by atoms with E-state index in [1.807, 2.05) is 6.92 Å². The molecular formula is C17H36N4O2. The van der Waals surface area contributed by atoms with Crippen LogP contribution in [0.4, 0.5) is 0 Å². The molecule has 0 saturated carbocycles. The summed E-state index contributed by atoms with van der Waals surface area (Å²) in [5, 5.41) is 6.65. The second-order valence-corrected chi connectivity index (χ2v) is 6.28. The zero-order valence-corrected chi connectivity index (χ0v) is 15.4. The standard InChI is InChI=1S/C17H36N4O2/c1-5-18-17(19-7-10-22-6-2)20-14-16(13-15(3)4)21-8-11-23-12-9-21/h15-16H,5-14H2,1-4H3,(H2,18,19,20). The van der Waals surface area contributed by atoms with Crippen LogP contribution in [0.5, 0.6) is 0 Å². The highest BCUT2D eigenvalue weighted by Crippen LogP contribution is 2.14. The first-order valence-corrected chi connectivity index (χ1v) is 9.09. The van der Waals surface area contributed by atoms with E-state index in [1.165, 1.54) is 6.42 Å². The highest BCUT2D eigenvalue weighted by atomic mass is 16.5. The van der Waals surface area contributed by atoms with Gasteiger partial charge in [-0.15, -0.1) is 0 Å². The summed E-state index contributed by atoms with van der Waals surface area (Å²) >= 11 is 0. The molecule has 1 rings (SSSR count). The maximum absolute atomic E-state index is 5.48. The Morgan fingerprint density at radius 1 is 1.22 bits per heavy atom. The normalized spacial score (nSPS) is 18.2. The van der Waals surface area contributed by atoms with Crippen molar-refractivity contribution in [1.82, 2.24) is 15.5 Å². The zero-order chi connectivity index (χ0) is 16.9. The number of guanidine groups is 1. The van der Waals surface area contributed by atoms with E-state index in [0.29, 0.717) is 18.6 Å². The Kier molecular flexibility index (Phi) is 11.0. The van der Waals surface area contributed by atoms with Gasteiger partial charge in [-0.05, 0) is 26.2 Å². The largest absolute Gasteiger partial charge is 0.380 e. The molecule has 0 spiro atoms. The summed E-state index contributed by atoms with van der Waals surface area (Å²) < 4.78 is 10.8. The van der Waals surface area contributed by atoms with E-state index < -0.39 is 0 Å². The van der Waals surface area contributed by atoms with Crippen LogP contribution in [0.2, 0.25) is 0 Å². The number of rotatable bonds is 10. The summed E-state index contributed by atoms with van der Waals surface area (Å²) in [6.45, 7) is 16.3. The molecule has 0 aromatic rings. The van der Waals surface area contributed by atoms with Gasteiger partial charge in [0.15, 0.2) is 5.96 Å². The number of nitrogens with one attached hydrogen (secondary N) is 2. The summed E-state index contributed by atoms with van der Waals surface area (Å²) in [7, 11) is 0. The molecule has 136 valence electrons. The first-order chi connectivity index (χ1) is 11.2. The second-order valence-electron chi connectivity index (χ2n) is 6.28. The van der Waals surface area contributed by atoms with Gasteiger partial charge in [0.05, 0.1) is 26.4 Å². The van der Waals surface area contributed by atoms with Gasteiger partial charge in [0.25, 0.3) is 0 Å². The van der Waals surface area contributed by atoms with Crippen molar-refractivity contribution >= 4 is 5.96 Å². The molecule has 0 radical (unpaired) electrons. The highest BCUT2D eigenvalue weighted by Gasteiger charge is 2.21. The Bertz CT molecular complexity index is 318. The molecule has 0 aromatic carbocycles. The van der Waals surface area contributed by atoms with Crippen LogP contribution in [0.25, 0.3) is 0 Å². The van der Waals surface area contributed by atoms with Gasteiger partial charge >= 0.3 is 0 Å². The Balaban J connectivity index is 2.54. The van der Waals surface area contributed by atoms with Gasteiger partial charge in [0.1, 0.15) is 0 Å². The fourth-order valence-electron chi connectivity index (χ4n) is 2.75. The number of hydrogen-bond donors (Lipinski definition) is 2. The number of morpholine rings is 1. The predicted molar refractivity (Wildman–Crippen MR) is 96.1 cm³/mol. The highest BCUT2D eigenvalue weighted by molar-refractivity contribution is 5.79. The maximum Gasteiger partial charge on any atom is 0.191 e. The van der Waals surface area contributed by atoms with Gasteiger partial charge < -0.3 is 20.1 Å². The van der Waals surface area contributed by atoms with Crippen molar-refractivity contribution in [2.45, 2.75) is 40.2 Å². The molecule has 1 aliphatic heterocycles. The van der Waals surface area contributed by atoms with Gasteiger partial charge in [0, 0.05) is 38.8 Å². The maximum atomic E-state index is 5.48. The van der Waals surface area contributed by atoms with Gasteiger partial charge in [-0.2, -0.15) is 0 Å². The van der Waals surface area contributed by atoms with E-state index in [-0.39, 0.29) is 0 Å². The van der Waals surface area contributed by atoms with Crippen LogP contribution in [0, 0.1) is 5.92 Å². The molecule has 2 N–H and O–H groups in total. The van der Waals surface area contributed by atoms with Crippen molar-refractivity contribution in [3.63, 3.8) is 0 Å². The Labute approximate surface area is 142 Å². The molecule has 1 unspecified atom stereocenters. The zero-order valence-electron chi connectivity index (χ0n) is 15.4. The lowest BCUT2D eigenvalue weighted by molar-refractivity contribution is 0.0143. The molecule has 23 heavy (non-hydrogen) atoms. The van der Waals surface area contributed by atoms with Gasteiger partial charge in [-0.25, -0.2) is 0 Å². The summed E-state index contributed by atoms with van der Waals surface area (Å²) in [5.41, 5.74) is 0. The van der Waals surface area contributed by atoms with Gasteiger partial charge in [0.2, 0.25) is 0 Å². The van der Waals surface area contributed by atoms with Gasteiger partial charge in [-0.3, -0.25) is 9.89 Å². The van der Waals surface area contributed by atoms with Crippen LogP contribution < -0.4 is 10.6 Å². The van der Waals surface area contributed by atoms with Crippen molar-refractivity contribution in [1.29, 1.82) is 0 Å². The van der Waals surface area contributed by atoms with E-state index in [4.69, 9.17) is 14.5 Å². The lowest BCUT2D eigenvalue weighted by Crippen LogP contribution is -2.46. The molecule has 6 nitrogen and oxygen atoms in total. The Hall–Kier alpha value is -0.850. The smallest absolute Gasteiger partial charge is 0.191 e. The van der Waals surface area contributed by atoms with Crippen LogP contribution in [-0.4, -0.2) is 76.1 Å². The third-order valence-electron chi connectivity index (χ3n) is 3.85. The molecule has 6 heteroatoms. The Morgan fingerprint density at radius 2 is 1.96 bits per heavy atom. The van der Waals surface area contributed by atoms with E-state index in [1.54, 1.807) is 0 Å². The minimum Gasteiger partial charge on any atom is -0.380 e. The summed E-state index contributed by atoms with van der Waals surface area (Å²) in [6.07, 6.45) is 1.17. The van der Waals surface area contributed by atoms with E-state index in [2.05, 4.69) is 36.3 Å². The molecule has 1 heterocycles. The average Bonchev–Trinajstić information content (AvgIpc) is 2.55. The lowest BCUT2D eigenvalue weighted by atomic mass is 10.0. The van der Waals surface area contributed by atoms with Crippen molar-refractivity contribution < 1.29 is 9.47 Å². The monoisotopic (exact) mass is 328 g/mol. The van der Waals surface area contributed by atoms with Crippen LogP contribution in [0.15, 0.2) is 4.99 Å². The molecule has 0 amide bonds. The molecule has 1 aliphatic rings. The number of hydrogen-bond acceptors (Lipinski definition) is 4. The minimum absolute atomic E-state index is 0.487. The first-order valence-electron chi connectivity index (χ1n) is 9.09. The van der Waals surface area contributed by atoms with Crippen LogP contribution >= 0.6 is 0 Å². The summed E-state index contributed by atoms with van der Waals surface area (Å²) in [4.78, 5) is 7.32. The second kappa shape index (κ2) is 12.6. The molecule has 0 aromatic heterocycles. The van der Waals surface area contributed by atoms with Crippen molar-refractivity contribution in [2.24, 2.45) is 10.9 Å². The molecule has 0 aliphatic carbocycles. The van der Waals surface area contributed by atoms with Crippen molar-refractivity contribution in [3.8, 4) is 0 Å². The topological polar surface area (TPSA) is 58.1 Å². The quantitative estimate of drug-likeness (QED) is 0.360. The Morgan fingerprint density at radius 3 is 2.57 bits per heavy atom. The molecular weight excluding hydrogens is 292 g/mol. The van der Waals surface area contributed by atoms with Crippen molar-refractivity contribution in [2.75, 3.05) is 59.2 Å². The summed E-state index contributed by atoms with van der Waals surface area (Å²) in [5.74, 6) is 1.56. The molecule has 1 saturated heterocycles. The summed E-state index contributed by atoms with van der Waals surface area (Å²) in [6, 6.07) is 0.487. The number of nitrogens with zero attached hydrogens (tertiary/aromatic N) is 2. The van der Waals surface area contributed by atoms with E-state index >= 15 is 0 Å². The third-order valence-corrected chi connectivity index (χ3v) is 3.85. The minimum atomic E-state index is 0.487. The van der Waals surface area contributed by atoms with Crippen LogP contribution in [0.1, 0.15) is 34.1 Å². The van der Waals surface area contributed by atoms with Gasteiger partial charge in [-0.1, -0.05) is 13.8 Å². The van der Waals surface area contributed by atoms with Crippen LogP contribution in [0.3, 0.4) is 0 Å².